The molecule has 2 fully saturated rings. The average Bonchev–Trinajstić information content (AvgIpc) is 3.09. The van der Waals surface area contributed by atoms with Gasteiger partial charge in [-0.3, -0.25) is 14.7 Å². The van der Waals surface area contributed by atoms with E-state index in [1.54, 1.807) is 0 Å². The number of aromatic nitrogens is 1. The Kier molecular flexibility index (Phi) is 4.07. The van der Waals surface area contributed by atoms with Gasteiger partial charge in [-0.1, -0.05) is 36.4 Å². The molecule has 4 nitrogen and oxygen atoms in total. The van der Waals surface area contributed by atoms with Gasteiger partial charge in [0.1, 0.15) is 0 Å². The number of rotatable bonds is 4. The number of likely N-dealkylation sites (tertiary alicyclic amines) is 2. The van der Waals surface area contributed by atoms with Gasteiger partial charge in [0.15, 0.2) is 0 Å². The van der Waals surface area contributed by atoms with Crippen molar-refractivity contribution < 1.29 is 4.79 Å². The second-order valence-electron chi connectivity index (χ2n) is 6.88. The van der Waals surface area contributed by atoms with E-state index >= 15 is 0 Å². The highest BCUT2D eigenvalue weighted by Gasteiger charge is 2.46. The van der Waals surface area contributed by atoms with Crippen LogP contribution in [0.1, 0.15) is 29.8 Å². The summed E-state index contributed by atoms with van der Waals surface area (Å²) in [4.78, 5) is 21.6. The third-order valence-electron chi connectivity index (χ3n) is 5.24. The standard InChI is InChI=1S/C20H23N3O/c1-15-6-5-9-17(21-15)14-23-18-10-11-22(19(18)12-20(23)24)13-16-7-3-2-4-8-16/h2-9,18-19H,10-14H2,1H3/t18-,19-/m0/s1. The van der Waals surface area contributed by atoms with E-state index in [2.05, 4.69) is 39.0 Å². The first kappa shape index (κ1) is 15.3. The van der Waals surface area contributed by atoms with Crippen LogP contribution in [0.3, 0.4) is 0 Å². The molecule has 124 valence electrons. The van der Waals surface area contributed by atoms with E-state index < -0.39 is 0 Å². The molecule has 4 rings (SSSR count). The number of fused-ring (bicyclic) bond motifs is 1. The van der Waals surface area contributed by atoms with Crippen molar-refractivity contribution in [2.24, 2.45) is 0 Å². The van der Waals surface area contributed by atoms with Crippen molar-refractivity contribution in [3.63, 3.8) is 0 Å². The minimum absolute atomic E-state index is 0.270. The van der Waals surface area contributed by atoms with E-state index in [0.717, 1.165) is 30.9 Å². The molecule has 2 aromatic rings. The molecule has 1 aromatic carbocycles. The van der Waals surface area contributed by atoms with Gasteiger partial charge in [0.2, 0.25) is 5.91 Å². The van der Waals surface area contributed by atoms with Crippen LogP contribution in [-0.2, 0) is 17.9 Å². The highest BCUT2D eigenvalue weighted by molar-refractivity contribution is 5.80. The van der Waals surface area contributed by atoms with Gasteiger partial charge >= 0.3 is 0 Å². The summed E-state index contributed by atoms with van der Waals surface area (Å²) in [6.45, 7) is 4.64. The third kappa shape index (κ3) is 2.94. The summed E-state index contributed by atoms with van der Waals surface area (Å²) in [5, 5.41) is 0. The molecule has 0 unspecified atom stereocenters. The molecule has 0 aliphatic carbocycles. The molecule has 0 saturated carbocycles. The number of carbonyl (C=O) groups excluding carboxylic acids is 1. The molecule has 4 heteroatoms. The van der Waals surface area contributed by atoms with Gasteiger partial charge in [0.25, 0.3) is 0 Å². The molecule has 3 heterocycles. The molecule has 0 spiro atoms. The first-order valence-corrected chi connectivity index (χ1v) is 8.71. The zero-order chi connectivity index (χ0) is 16.5. The summed E-state index contributed by atoms with van der Waals surface area (Å²) in [5.74, 6) is 0.270. The smallest absolute Gasteiger partial charge is 0.224 e. The maximum atomic E-state index is 12.5. The van der Waals surface area contributed by atoms with Crippen molar-refractivity contribution in [1.29, 1.82) is 0 Å². The summed E-state index contributed by atoms with van der Waals surface area (Å²) in [7, 11) is 0. The Morgan fingerprint density at radius 2 is 1.88 bits per heavy atom. The first-order valence-electron chi connectivity index (χ1n) is 8.71. The summed E-state index contributed by atoms with van der Waals surface area (Å²) in [6.07, 6.45) is 1.71. The van der Waals surface area contributed by atoms with E-state index in [1.807, 2.05) is 31.2 Å². The molecule has 2 aliphatic heterocycles. The minimum Gasteiger partial charge on any atom is -0.332 e. The number of hydrogen-bond donors (Lipinski definition) is 0. The molecular formula is C20H23N3O. The Hall–Kier alpha value is -2.20. The van der Waals surface area contributed by atoms with E-state index in [4.69, 9.17) is 0 Å². The van der Waals surface area contributed by atoms with Crippen molar-refractivity contribution >= 4 is 5.91 Å². The molecule has 1 amide bonds. The maximum absolute atomic E-state index is 12.5. The van der Waals surface area contributed by atoms with Crippen LogP contribution in [0.15, 0.2) is 48.5 Å². The number of pyridine rings is 1. The van der Waals surface area contributed by atoms with E-state index in [0.29, 0.717) is 25.0 Å². The van der Waals surface area contributed by atoms with Gasteiger partial charge in [-0.05, 0) is 31.0 Å². The largest absolute Gasteiger partial charge is 0.332 e. The Labute approximate surface area is 143 Å². The molecule has 2 aliphatic rings. The van der Waals surface area contributed by atoms with Crippen LogP contribution in [0.25, 0.3) is 0 Å². The van der Waals surface area contributed by atoms with Crippen LogP contribution in [0, 0.1) is 6.92 Å². The molecule has 0 N–H and O–H groups in total. The molecule has 2 atom stereocenters. The van der Waals surface area contributed by atoms with Crippen molar-refractivity contribution in [1.82, 2.24) is 14.8 Å². The number of carbonyl (C=O) groups is 1. The number of benzene rings is 1. The van der Waals surface area contributed by atoms with Crippen molar-refractivity contribution in [3.8, 4) is 0 Å². The Bertz CT molecular complexity index is 731. The lowest BCUT2D eigenvalue weighted by atomic mass is 10.1. The van der Waals surface area contributed by atoms with E-state index in [1.165, 1.54) is 5.56 Å². The van der Waals surface area contributed by atoms with Gasteiger partial charge < -0.3 is 4.90 Å². The van der Waals surface area contributed by atoms with Crippen molar-refractivity contribution in [3.05, 3.63) is 65.5 Å². The quantitative estimate of drug-likeness (QED) is 0.869. The SMILES string of the molecule is Cc1cccc(CN2C(=O)C[C@H]3[C@@H]2CCN3Cc2ccccc2)n1. The lowest BCUT2D eigenvalue weighted by molar-refractivity contribution is -0.129. The van der Waals surface area contributed by atoms with Gasteiger partial charge in [0, 0.05) is 37.3 Å². The summed E-state index contributed by atoms with van der Waals surface area (Å²) in [6, 6.07) is 17.3. The lowest BCUT2D eigenvalue weighted by Gasteiger charge is -2.25. The van der Waals surface area contributed by atoms with Crippen LogP contribution < -0.4 is 0 Å². The maximum Gasteiger partial charge on any atom is 0.224 e. The molecule has 24 heavy (non-hydrogen) atoms. The number of aryl methyl sites for hydroxylation is 1. The van der Waals surface area contributed by atoms with Crippen LogP contribution in [0.2, 0.25) is 0 Å². The van der Waals surface area contributed by atoms with E-state index in [-0.39, 0.29) is 5.91 Å². The normalized spacial score (nSPS) is 23.7. The number of amides is 1. The molecule has 0 radical (unpaired) electrons. The Morgan fingerprint density at radius 3 is 2.67 bits per heavy atom. The Morgan fingerprint density at radius 1 is 1.04 bits per heavy atom. The highest BCUT2D eigenvalue weighted by atomic mass is 16.2. The van der Waals surface area contributed by atoms with Crippen molar-refractivity contribution in [2.75, 3.05) is 6.54 Å². The number of hydrogen-bond acceptors (Lipinski definition) is 3. The first-order chi connectivity index (χ1) is 11.7. The minimum atomic E-state index is 0.270. The van der Waals surface area contributed by atoms with Gasteiger partial charge in [0.05, 0.1) is 12.2 Å². The molecule has 1 aromatic heterocycles. The molecule has 0 bridgehead atoms. The predicted octanol–water partition coefficient (Wildman–Crippen LogP) is 2.77. The fourth-order valence-electron chi connectivity index (χ4n) is 4.09. The average molecular weight is 321 g/mol. The third-order valence-corrected chi connectivity index (χ3v) is 5.24. The zero-order valence-corrected chi connectivity index (χ0v) is 14.1. The van der Waals surface area contributed by atoms with Crippen LogP contribution in [-0.4, -0.2) is 39.3 Å². The monoisotopic (exact) mass is 321 g/mol. The van der Waals surface area contributed by atoms with Crippen LogP contribution in [0.4, 0.5) is 0 Å². The van der Waals surface area contributed by atoms with Gasteiger partial charge in [-0.2, -0.15) is 0 Å². The number of nitrogens with zero attached hydrogens (tertiary/aromatic N) is 3. The summed E-state index contributed by atoms with van der Waals surface area (Å²) >= 11 is 0. The van der Waals surface area contributed by atoms with Crippen molar-refractivity contribution in [2.45, 2.75) is 44.9 Å². The topological polar surface area (TPSA) is 36.4 Å². The summed E-state index contributed by atoms with van der Waals surface area (Å²) < 4.78 is 0. The predicted molar refractivity (Wildman–Crippen MR) is 93.2 cm³/mol. The van der Waals surface area contributed by atoms with E-state index in [9.17, 15) is 4.79 Å². The second-order valence-corrected chi connectivity index (χ2v) is 6.88. The molecule has 2 saturated heterocycles. The van der Waals surface area contributed by atoms with Gasteiger partial charge in [-0.15, -0.1) is 0 Å². The fourth-order valence-corrected chi connectivity index (χ4v) is 4.09. The molecular weight excluding hydrogens is 298 g/mol. The lowest BCUT2D eigenvalue weighted by Crippen LogP contribution is -2.36. The van der Waals surface area contributed by atoms with Crippen LogP contribution >= 0.6 is 0 Å². The summed E-state index contributed by atoms with van der Waals surface area (Å²) in [5.41, 5.74) is 3.32. The second kappa shape index (κ2) is 6.36. The van der Waals surface area contributed by atoms with Gasteiger partial charge in [-0.25, -0.2) is 0 Å². The zero-order valence-electron chi connectivity index (χ0n) is 14.1. The fraction of sp³-hybridized carbons (Fsp3) is 0.400. The van der Waals surface area contributed by atoms with Crippen LogP contribution in [0.5, 0.6) is 0 Å². The Balaban J connectivity index is 1.47. The highest BCUT2D eigenvalue weighted by Crippen LogP contribution is 2.34.